The highest BCUT2D eigenvalue weighted by Gasteiger charge is 2.28. The van der Waals surface area contributed by atoms with E-state index < -0.39 is 5.91 Å². The molecule has 0 atom stereocenters. The molecule has 8 nitrogen and oxygen atoms in total. The number of amides is 2. The Hall–Kier alpha value is -3.73. The molecule has 1 fully saturated rings. The average molecular weight is 422 g/mol. The summed E-state index contributed by atoms with van der Waals surface area (Å²) < 4.78 is 6.95. The van der Waals surface area contributed by atoms with Gasteiger partial charge in [0.1, 0.15) is 17.1 Å². The van der Waals surface area contributed by atoms with Crippen LogP contribution >= 0.6 is 0 Å². The molecule has 2 amide bonds. The first-order chi connectivity index (χ1) is 14.9. The van der Waals surface area contributed by atoms with Crippen molar-refractivity contribution >= 4 is 17.6 Å². The van der Waals surface area contributed by atoms with Crippen LogP contribution in [0, 0.1) is 11.8 Å². The molecule has 1 saturated heterocycles. The molecule has 1 aliphatic rings. The van der Waals surface area contributed by atoms with E-state index in [1.165, 1.54) is 6.08 Å². The molecule has 1 aromatic heterocycles. The lowest BCUT2D eigenvalue weighted by Gasteiger charge is -2.31. The number of ether oxygens (including phenoxy) is 1. The highest BCUT2D eigenvalue weighted by molar-refractivity contribution is 5.99. The number of hydrogen-bond donors (Lipinski definition) is 2. The van der Waals surface area contributed by atoms with E-state index in [0.29, 0.717) is 31.7 Å². The van der Waals surface area contributed by atoms with Crippen molar-refractivity contribution in [1.82, 2.24) is 14.7 Å². The molecule has 0 bridgehead atoms. The third-order valence-electron chi connectivity index (χ3n) is 5.43. The number of likely N-dealkylation sites (tertiary alicyclic amines) is 1. The van der Waals surface area contributed by atoms with Crippen molar-refractivity contribution in [3.8, 4) is 17.6 Å². The Balaban J connectivity index is 1.92. The molecule has 1 aliphatic heterocycles. The number of anilines is 1. The summed E-state index contributed by atoms with van der Waals surface area (Å²) in [4.78, 5) is 25.6. The zero-order valence-electron chi connectivity index (χ0n) is 17.9. The summed E-state index contributed by atoms with van der Waals surface area (Å²) in [5, 5.41) is 4.51. The molecule has 0 saturated carbocycles. The van der Waals surface area contributed by atoms with E-state index in [1.54, 1.807) is 16.7 Å². The van der Waals surface area contributed by atoms with Crippen molar-refractivity contribution in [3.63, 3.8) is 0 Å². The van der Waals surface area contributed by atoms with Gasteiger partial charge in [-0.1, -0.05) is 19.4 Å². The quantitative estimate of drug-likeness (QED) is 0.565. The molecule has 162 valence electrons. The lowest BCUT2D eigenvalue weighted by molar-refractivity contribution is -0.127. The predicted molar refractivity (Wildman–Crippen MR) is 119 cm³/mol. The van der Waals surface area contributed by atoms with Crippen molar-refractivity contribution in [1.29, 1.82) is 0 Å². The molecule has 3 rings (SSSR count). The van der Waals surface area contributed by atoms with Gasteiger partial charge in [-0.3, -0.25) is 9.59 Å². The number of carbonyl (C=O) groups is 2. The lowest BCUT2D eigenvalue weighted by atomic mass is 10.0. The van der Waals surface area contributed by atoms with E-state index >= 15 is 0 Å². The summed E-state index contributed by atoms with van der Waals surface area (Å²) >= 11 is 0. The Morgan fingerprint density at radius 1 is 1.29 bits per heavy atom. The highest BCUT2D eigenvalue weighted by atomic mass is 16.5. The Kier molecular flexibility index (Phi) is 6.65. The van der Waals surface area contributed by atoms with Crippen LogP contribution in [0.1, 0.15) is 53.0 Å². The van der Waals surface area contributed by atoms with Crippen LogP contribution in [0.4, 0.5) is 5.82 Å². The van der Waals surface area contributed by atoms with E-state index in [9.17, 15) is 9.59 Å². The van der Waals surface area contributed by atoms with Crippen molar-refractivity contribution < 1.29 is 14.3 Å². The Morgan fingerprint density at radius 2 is 2.00 bits per heavy atom. The minimum Gasteiger partial charge on any atom is -0.497 e. The number of hydrogen-bond acceptors (Lipinski definition) is 5. The van der Waals surface area contributed by atoms with Gasteiger partial charge in [0.25, 0.3) is 5.91 Å². The molecule has 4 N–H and O–H groups in total. The first kappa shape index (κ1) is 22.0. The Bertz CT molecular complexity index is 1050. The number of carbonyl (C=O) groups excluding carboxylic acids is 2. The summed E-state index contributed by atoms with van der Waals surface area (Å²) in [5.74, 6) is 6.14. The van der Waals surface area contributed by atoms with Crippen LogP contribution in [0.2, 0.25) is 0 Å². The summed E-state index contributed by atoms with van der Waals surface area (Å²) in [7, 11) is 1.60. The van der Waals surface area contributed by atoms with Gasteiger partial charge >= 0.3 is 0 Å². The van der Waals surface area contributed by atoms with Crippen molar-refractivity contribution in [3.05, 3.63) is 53.2 Å². The third kappa shape index (κ3) is 4.72. The number of nitrogens with zero attached hydrogens (tertiary/aromatic N) is 3. The second-order valence-electron chi connectivity index (χ2n) is 7.35. The van der Waals surface area contributed by atoms with Gasteiger partial charge in [-0.25, -0.2) is 4.68 Å². The zero-order chi connectivity index (χ0) is 22.5. The number of nitrogen functional groups attached to an aromatic ring is 1. The fourth-order valence-electron chi connectivity index (χ4n) is 3.70. The number of primary amides is 1. The average Bonchev–Trinajstić information content (AvgIpc) is 3.13. The van der Waals surface area contributed by atoms with Crippen LogP contribution in [0.15, 0.2) is 30.9 Å². The smallest absolute Gasteiger partial charge is 0.255 e. The number of nitrogens with two attached hydrogens (primary N) is 2. The van der Waals surface area contributed by atoms with Gasteiger partial charge in [0.15, 0.2) is 5.69 Å². The van der Waals surface area contributed by atoms with Crippen LogP contribution < -0.4 is 16.2 Å². The van der Waals surface area contributed by atoms with Gasteiger partial charge in [0.2, 0.25) is 5.91 Å². The van der Waals surface area contributed by atoms with Gasteiger partial charge in [-0.05, 0) is 55.0 Å². The van der Waals surface area contributed by atoms with Gasteiger partial charge in [-0.15, -0.1) is 0 Å². The van der Waals surface area contributed by atoms with E-state index in [-0.39, 0.29) is 29.0 Å². The van der Waals surface area contributed by atoms with E-state index in [4.69, 9.17) is 16.2 Å². The SMILES string of the molecule is C=CC(=O)N1CCC(n2nc(C#Cc3cc(CC)cc(OC)c3)c(C(N)=O)c2N)CC1. The first-order valence-corrected chi connectivity index (χ1v) is 10.2. The number of rotatable bonds is 5. The fraction of sp³-hybridized carbons (Fsp3) is 0.348. The molecule has 31 heavy (non-hydrogen) atoms. The van der Waals surface area contributed by atoms with Gasteiger partial charge < -0.3 is 21.1 Å². The van der Waals surface area contributed by atoms with Crippen molar-refractivity contribution in [2.45, 2.75) is 32.2 Å². The molecular weight excluding hydrogens is 394 g/mol. The molecule has 0 spiro atoms. The van der Waals surface area contributed by atoms with Crippen LogP contribution in [-0.4, -0.2) is 46.7 Å². The summed E-state index contributed by atoms with van der Waals surface area (Å²) in [6, 6.07) is 5.69. The van der Waals surface area contributed by atoms with Crippen LogP contribution in [0.25, 0.3) is 0 Å². The second-order valence-corrected chi connectivity index (χ2v) is 7.35. The van der Waals surface area contributed by atoms with Crippen LogP contribution in [-0.2, 0) is 11.2 Å². The van der Waals surface area contributed by atoms with Gasteiger partial charge in [0, 0.05) is 18.7 Å². The highest BCUT2D eigenvalue weighted by Crippen LogP contribution is 2.28. The predicted octanol–water partition coefficient (Wildman–Crippen LogP) is 1.88. The number of methoxy groups -OCH3 is 1. The minimum atomic E-state index is -0.674. The van der Waals surface area contributed by atoms with E-state index in [1.807, 2.05) is 25.1 Å². The molecular formula is C23H27N5O3. The largest absolute Gasteiger partial charge is 0.497 e. The minimum absolute atomic E-state index is 0.0500. The van der Waals surface area contributed by atoms with Gasteiger partial charge in [-0.2, -0.15) is 5.10 Å². The van der Waals surface area contributed by atoms with E-state index in [0.717, 1.165) is 17.5 Å². The number of aryl methyl sites for hydroxylation is 1. The second kappa shape index (κ2) is 9.39. The molecule has 1 aromatic carbocycles. The fourth-order valence-corrected chi connectivity index (χ4v) is 3.70. The summed E-state index contributed by atoms with van der Waals surface area (Å²) in [5.41, 5.74) is 14.0. The third-order valence-corrected chi connectivity index (χ3v) is 5.43. The Labute approximate surface area is 181 Å². The molecule has 2 heterocycles. The maximum Gasteiger partial charge on any atom is 0.255 e. The molecule has 0 aliphatic carbocycles. The summed E-state index contributed by atoms with van der Waals surface area (Å²) in [6.07, 6.45) is 3.47. The van der Waals surface area contributed by atoms with Crippen molar-refractivity contribution in [2.75, 3.05) is 25.9 Å². The zero-order valence-corrected chi connectivity index (χ0v) is 17.9. The van der Waals surface area contributed by atoms with Crippen LogP contribution in [0.3, 0.4) is 0 Å². The van der Waals surface area contributed by atoms with Crippen molar-refractivity contribution in [2.24, 2.45) is 5.73 Å². The lowest BCUT2D eigenvalue weighted by Crippen LogP contribution is -2.38. The monoisotopic (exact) mass is 421 g/mol. The molecule has 0 unspecified atom stereocenters. The van der Waals surface area contributed by atoms with Crippen LogP contribution in [0.5, 0.6) is 5.75 Å². The molecule has 8 heteroatoms. The maximum atomic E-state index is 12.1. The van der Waals surface area contributed by atoms with E-state index in [2.05, 4.69) is 23.5 Å². The van der Waals surface area contributed by atoms with Gasteiger partial charge in [0.05, 0.1) is 13.2 Å². The summed E-state index contributed by atoms with van der Waals surface area (Å²) in [6.45, 7) is 6.70. The maximum absolute atomic E-state index is 12.1. The Morgan fingerprint density at radius 3 is 2.58 bits per heavy atom. The standard InChI is InChI=1S/C23H27N5O3/c1-4-15-12-16(14-18(13-15)31-3)6-7-19-21(23(25)30)22(24)28(26-19)17-8-10-27(11-9-17)20(29)5-2/h5,12-14,17H,2,4,8-11,24H2,1,3H3,(H2,25,30). The first-order valence-electron chi connectivity index (χ1n) is 10.2. The molecule has 0 radical (unpaired) electrons. The number of piperidine rings is 1. The number of aromatic nitrogens is 2. The topological polar surface area (TPSA) is 116 Å². The molecule has 2 aromatic rings. The normalized spacial score (nSPS) is 13.9. The number of benzene rings is 1.